The normalized spacial score (nSPS) is 34.4. The Kier molecular flexibility index (Phi) is 3.22. The second kappa shape index (κ2) is 4.34. The van der Waals surface area contributed by atoms with Gasteiger partial charge in [0.25, 0.3) is 0 Å². The standard InChI is InChI=1S/C12H23N3O/c1-12(14,11(13)16)8-15-7-3-5-9-4-2-6-10(9)15/h9-10H,2-8,14H2,1H3,(H2,13,16). The van der Waals surface area contributed by atoms with E-state index in [9.17, 15) is 4.79 Å². The maximum Gasteiger partial charge on any atom is 0.238 e. The van der Waals surface area contributed by atoms with Gasteiger partial charge in [0.15, 0.2) is 0 Å². The van der Waals surface area contributed by atoms with Gasteiger partial charge in [0.1, 0.15) is 5.54 Å². The Hall–Kier alpha value is -0.610. The summed E-state index contributed by atoms with van der Waals surface area (Å²) in [4.78, 5) is 13.7. The highest BCUT2D eigenvalue weighted by Gasteiger charge is 2.38. The lowest BCUT2D eigenvalue weighted by molar-refractivity contribution is -0.123. The molecule has 0 bridgehead atoms. The van der Waals surface area contributed by atoms with E-state index in [1.807, 2.05) is 0 Å². The topological polar surface area (TPSA) is 72.3 Å². The molecule has 0 aromatic carbocycles. The smallest absolute Gasteiger partial charge is 0.238 e. The third kappa shape index (κ3) is 2.23. The van der Waals surface area contributed by atoms with E-state index >= 15 is 0 Å². The fraction of sp³-hybridized carbons (Fsp3) is 0.917. The van der Waals surface area contributed by atoms with Gasteiger partial charge in [-0.15, -0.1) is 0 Å². The number of hydrogen-bond acceptors (Lipinski definition) is 3. The summed E-state index contributed by atoms with van der Waals surface area (Å²) < 4.78 is 0. The number of nitrogens with two attached hydrogens (primary N) is 2. The van der Waals surface area contributed by atoms with Crippen LogP contribution < -0.4 is 11.5 Å². The highest BCUT2D eigenvalue weighted by atomic mass is 16.1. The minimum absolute atomic E-state index is 0.396. The monoisotopic (exact) mass is 225 g/mol. The van der Waals surface area contributed by atoms with Crippen LogP contribution in [0, 0.1) is 5.92 Å². The Morgan fingerprint density at radius 3 is 2.75 bits per heavy atom. The van der Waals surface area contributed by atoms with Crippen molar-refractivity contribution >= 4 is 5.91 Å². The molecule has 0 radical (unpaired) electrons. The van der Waals surface area contributed by atoms with E-state index in [0.717, 1.165) is 12.5 Å². The molecule has 4 N–H and O–H groups in total. The van der Waals surface area contributed by atoms with Crippen LogP contribution in [-0.2, 0) is 4.79 Å². The number of primary amides is 1. The predicted octanol–water partition coefficient (Wildman–Crippen LogP) is 0.454. The number of fused-ring (bicyclic) bond motifs is 1. The quantitative estimate of drug-likeness (QED) is 0.732. The zero-order valence-electron chi connectivity index (χ0n) is 10.1. The molecular weight excluding hydrogens is 202 g/mol. The zero-order chi connectivity index (χ0) is 11.8. The summed E-state index contributed by atoms with van der Waals surface area (Å²) in [6.45, 7) is 3.43. The van der Waals surface area contributed by atoms with Crippen LogP contribution >= 0.6 is 0 Å². The van der Waals surface area contributed by atoms with Crippen LogP contribution in [0.1, 0.15) is 39.0 Å². The van der Waals surface area contributed by atoms with Crippen molar-refractivity contribution < 1.29 is 4.79 Å². The molecule has 0 spiro atoms. The Labute approximate surface area is 97.3 Å². The van der Waals surface area contributed by atoms with Crippen molar-refractivity contribution in [2.24, 2.45) is 17.4 Å². The molecule has 3 atom stereocenters. The first-order chi connectivity index (χ1) is 7.50. The van der Waals surface area contributed by atoms with Crippen molar-refractivity contribution in [3.8, 4) is 0 Å². The molecule has 0 aromatic rings. The van der Waals surface area contributed by atoms with Crippen LogP contribution in [-0.4, -0.2) is 35.5 Å². The first-order valence-corrected chi connectivity index (χ1v) is 6.33. The Balaban J connectivity index is 2.01. The molecule has 0 aromatic heterocycles. The summed E-state index contributed by atoms with van der Waals surface area (Å²) in [5.41, 5.74) is 10.4. The average molecular weight is 225 g/mol. The van der Waals surface area contributed by atoms with Gasteiger partial charge < -0.3 is 11.5 Å². The summed E-state index contributed by atoms with van der Waals surface area (Å²) in [5, 5.41) is 0. The van der Waals surface area contributed by atoms with Crippen LogP contribution in [0.3, 0.4) is 0 Å². The minimum Gasteiger partial charge on any atom is -0.368 e. The number of piperidine rings is 1. The molecule has 3 unspecified atom stereocenters. The molecule has 1 saturated heterocycles. The molecule has 1 aliphatic carbocycles. The number of hydrogen-bond donors (Lipinski definition) is 2. The van der Waals surface area contributed by atoms with Gasteiger partial charge in [0.05, 0.1) is 0 Å². The first kappa shape index (κ1) is 11.9. The SMILES string of the molecule is CC(N)(CN1CCCC2CCCC21)C(N)=O. The van der Waals surface area contributed by atoms with Gasteiger partial charge in [-0.05, 0) is 45.1 Å². The maximum atomic E-state index is 11.3. The molecule has 2 aliphatic rings. The van der Waals surface area contributed by atoms with E-state index in [2.05, 4.69) is 4.90 Å². The van der Waals surface area contributed by atoms with E-state index in [1.54, 1.807) is 6.92 Å². The molecule has 1 saturated carbocycles. The summed E-state index contributed by atoms with van der Waals surface area (Å²) >= 11 is 0. The molecule has 16 heavy (non-hydrogen) atoms. The van der Waals surface area contributed by atoms with Gasteiger partial charge in [-0.2, -0.15) is 0 Å². The Bertz CT molecular complexity index is 277. The van der Waals surface area contributed by atoms with Crippen LogP contribution in [0.15, 0.2) is 0 Å². The minimum atomic E-state index is -0.884. The van der Waals surface area contributed by atoms with Crippen LogP contribution in [0.4, 0.5) is 0 Å². The number of carbonyl (C=O) groups is 1. The molecule has 4 nitrogen and oxygen atoms in total. The molecular formula is C12H23N3O. The number of rotatable bonds is 3. The van der Waals surface area contributed by atoms with Gasteiger partial charge in [-0.1, -0.05) is 6.42 Å². The molecule has 2 rings (SSSR count). The van der Waals surface area contributed by atoms with E-state index in [4.69, 9.17) is 11.5 Å². The second-order valence-electron chi connectivity index (χ2n) is 5.65. The third-order valence-corrected chi connectivity index (χ3v) is 4.20. The summed E-state index contributed by atoms with van der Waals surface area (Å²) in [6.07, 6.45) is 6.51. The van der Waals surface area contributed by atoms with Gasteiger partial charge in [0.2, 0.25) is 5.91 Å². The first-order valence-electron chi connectivity index (χ1n) is 6.33. The van der Waals surface area contributed by atoms with E-state index in [1.165, 1.54) is 32.1 Å². The molecule has 1 heterocycles. The van der Waals surface area contributed by atoms with Crippen molar-refractivity contribution in [2.75, 3.05) is 13.1 Å². The fourth-order valence-corrected chi connectivity index (χ4v) is 3.25. The van der Waals surface area contributed by atoms with Crippen molar-refractivity contribution in [1.82, 2.24) is 4.90 Å². The molecule has 4 heteroatoms. The predicted molar refractivity (Wildman–Crippen MR) is 63.7 cm³/mol. The fourth-order valence-electron chi connectivity index (χ4n) is 3.25. The Morgan fingerprint density at radius 2 is 2.06 bits per heavy atom. The van der Waals surface area contributed by atoms with Crippen LogP contribution in [0.5, 0.6) is 0 Å². The number of nitrogens with zero attached hydrogens (tertiary/aromatic N) is 1. The van der Waals surface area contributed by atoms with Gasteiger partial charge in [0, 0.05) is 12.6 Å². The average Bonchev–Trinajstić information content (AvgIpc) is 2.65. The van der Waals surface area contributed by atoms with Crippen molar-refractivity contribution in [3.05, 3.63) is 0 Å². The lowest BCUT2D eigenvalue weighted by Gasteiger charge is -2.41. The van der Waals surface area contributed by atoms with Crippen molar-refractivity contribution in [2.45, 2.75) is 50.6 Å². The van der Waals surface area contributed by atoms with E-state index < -0.39 is 11.4 Å². The summed E-state index contributed by atoms with van der Waals surface area (Å²) in [6, 6.07) is 0.649. The summed E-state index contributed by atoms with van der Waals surface area (Å²) in [7, 11) is 0. The molecule has 92 valence electrons. The van der Waals surface area contributed by atoms with E-state index in [-0.39, 0.29) is 0 Å². The highest BCUT2D eigenvalue weighted by Crippen LogP contribution is 2.37. The van der Waals surface area contributed by atoms with Crippen LogP contribution in [0.25, 0.3) is 0 Å². The van der Waals surface area contributed by atoms with Gasteiger partial charge in [-0.25, -0.2) is 0 Å². The number of carbonyl (C=O) groups excluding carboxylic acids is 1. The largest absolute Gasteiger partial charge is 0.368 e. The zero-order valence-corrected chi connectivity index (χ0v) is 10.1. The summed E-state index contributed by atoms with van der Waals surface area (Å²) in [5.74, 6) is 0.435. The molecule has 1 amide bonds. The van der Waals surface area contributed by atoms with Crippen molar-refractivity contribution in [3.63, 3.8) is 0 Å². The molecule has 1 aliphatic heterocycles. The maximum absolute atomic E-state index is 11.3. The van der Waals surface area contributed by atoms with Crippen molar-refractivity contribution in [1.29, 1.82) is 0 Å². The van der Waals surface area contributed by atoms with Gasteiger partial charge >= 0.3 is 0 Å². The third-order valence-electron chi connectivity index (χ3n) is 4.20. The number of amides is 1. The van der Waals surface area contributed by atoms with E-state index in [0.29, 0.717) is 12.6 Å². The molecule has 2 fully saturated rings. The lowest BCUT2D eigenvalue weighted by atomic mass is 9.90. The number of likely N-dealkylation sites (tertiary alicyclic amines) is 1. The Morgan fingerprint density at radius 1 is 1.38 bits per heavy atom. The van der Waals surface area contributed by atoms with Gasteiger partial charge in [-0.3, -0.25) is 9.69 Å². The highest BCUT2D eigenvalue weighted by molar-refractivity contribution is 5.84. The second-order valence-corrected chi connectivity index (χ2v) is 5.65. The lowest BCUT2D eigenvalue weighted by Crippen LogP contribution is -2.59. The van der Waals surface area contributed by atoms with Crippen LogP contribution in [0.2, 0.25) is 0 Å².